The van der Waals surface area contributed by atoms with Gasteiger partial charge in [0, 0.05) is 19.2 Å². The van der Waals surface area contributed by atoms with E-state index >= 15 is 0 Å². The topological polar surface area (TPSA) is 60.9 Å². The minimum atomic E-state index is -0.867. The minimum absolute atomic E-state index is 0.0948. The van der Waals surface area contributed by atoms with E-state index in [1.165, 1.54) is 0 Å². The van der Waals surface area contributed by atoms with Crippen molar-refractivity contribution in [3.63, 3.8) is 0 Å². The smallest absolute Gasteiger partial charge is 0.308 e. The zero-order chi connectivity index (χ0) is 16.4. The average molecular weight is 298 g/mol. The maximum atomic E-state index is 12.2. The van der Waals surface area contributed by atoms with Crippen molar-refractivity contribution in [3.05, 3.63) is 11.6 Å². The third-order valence-electron chi connectivity index (χ3n) is 3.44. The standard InChI is InChI=1S/C16H30N2O3/c1-6-17(7-2)9-8-10-18(12-14(5)16(20)21)15(19)11-13(3)4/h11,14H,6-10,12H2,1-5H3,(H,20,21). The van der Waals surface area contributed by atoms with Gasteiger partial charge in [-0.2, -0.15) is 0 Å². The van der Waals surface area contributed by atoms with Crippen molar-refractivity contribution in [2.24, 2.45) is 5.92 Å². The minimum Gasteiger partial charge on any atom is -0.481 e. The lowest BCUT2D eigenvalue weighted by molar-refractivity contribution is -0.142. The first-order chi connectivity index (χ1) is 9.81. The van der Waals surface area contributed by atoms with Crippen LogP contribution in [0.5, 0.6) is 0 Å². The van der Waals surface area contributed by atoms with Crippen LogP contribution in [0.3, 0.4) is 0 Å². The van der Waals surface area contributed by atoms with Crippen LogP contribution in [0.25, 0.3) is 0 Å². The van der Waals surface area contributed by atoms with Crippen molar-refractivity contribution in [2.75, 3.05) is 32.7 Å². The van der Waals surface area contributed by atoms with Crippen LogP contribution in [0, 0.1) is 5.92 Å². The fourth-order valence-corrected chi connectivity index (χ4v) is 2.06. The van der Waals surface area contributed by atoms with Crippen molar-refractivity contribution in [1.29, 1.82) is 0 Å². The molecule has 0 aromatic rings. The van der Waals surface area contributed by atoms with Crippen LogP contribution in [-0.4, -0.2) is 59.5 Å². The first-order valence-electron chi connectivity index (χ1n) is 7.70. The van der Waals surface area contributed by atoms with Gasteiger partial charge in [-0.3, -0.25) is 9.59 Å². The van der Waals surface area contributed by atoms with Crippen LogP contribution in [0.2, 0.25) is 0 Å². The van der Waals surface area contributed by atoms with Crippen molar-refractivity contribution in [3.8, 4) is 0 Å². The Labute approximate surface area is 128 Å². The van der Waals surface area contributed by atoms with E-state index in [0.717, 1.165) is 31.6 Å². The summed E-state index contributed by atoms with van der Waals surface area (Å²) in [6.45, 7) is 13.4. The Hall–Kier alpha value is -1.36. The number of hydrogen-bond donors (Lipinski definition) is 1. The van der Waals surface area contributed by atoms with E-state index in [1.54, 1.807) is 17.9 Å². The van der Waals surface area contributed by atoms with Crippen LogP contribution < -0.4 is 0 Å². The lowest BCUT2D eigenvalue weighted by Gasteiger charge is -2.25. The number of rotatable bonds is 10. The van der Waals surface area contributed by atoms with Crippen molar-refractivity contribution in [1.82, 2.24) is 9.80 Å². The molecular weight excluding hydrogens is 268 g/mol. The highest BCUT2D eigenvalue weighted by atomic mass is 16.4. The van der Waals surface area contributed by atoms with Crippen LogP contribution in [0.15, 0.2) is 11.6 Å². The van der Waals surface area contributed by atoms with E-state index in [-0.39, 0.29) is 12.5 Å². The Kier molecular flexibility index (Phi) is 9.71. The molecule has 0 aliphatic carbocycles. The van der Waals surface area contributed by atoms with Crippen molar-refractivity contribution < 1.29 is 14.7 Å². The molecule has 1 amide bonds. The summed E-state index contributed by atoms with van der Waals surface area (Å²) in [5, 5.41) is 9.02. The van der Waals surface area contributed by atoms with Gasteiger partial charge in [-0.05, 0) is 39.9 Å². The van der Waals surface area contributed by atoms with Crippen LogP contribution in [0.1, 0.15) is 41.0 Å². The molecular formula is C16H30N2O3. The predicted molar refractivity (Wildman–Crippen MR) is 85.2 cm³/mol. The number of carboxylic acids is 1. The van der Waals surface area contributed by atoms with E-state index in [9.17, 15) is 9.59 Å². The summed E-state index contributed by atoms with van der Waals surface area (Å²) in [6, 6.07) is 0. The molecule has 0 aliphatic heterocycles. The second kappa shape index (κ2) is 10.4. The third kappa shape index (κ3) is 8.50. The highest BCUT2D eigenvalue weighted by molar-refractivity contribution is 5.88. The van der Waals surface area contributed by atoms with E-state index in [4.69, 9.17) is 5.11 Å². The molecule has 1 unspecified atom stereocenters. The Balaban J connectivity index is 4.62. The van der Waals surface area contributed by atoms with Gasteiger partial charge in [0.05, 0.1) is 5.92 Å². The normalized spacial score (nSPS) is 12.1. The molecule has 0 fully saturated rings. The van der Waals surface area contributed by atoms with Gasteiger partial charge < -0.3 is 14.9 Å². The molecule has 0 saturated carbocycles. The Morgan fingerprint density at radius 2 is 1.71 bits per heavy atom. The number of nitrogens with zero attached hydrogens (tertiary/aromatic N) is 2. The number of aliphatic carboxylic acids is 1. The largest absolute Gasteiger partial charge is 0.481 e. The molecule has 1 N–H and O–H groups in total. The maximum Gasteiger partial charge on any atom is 0.308 e. The quantitative estimate of drug-likeness (QED) is 0.628. The number of carboxylic acid groups (broad SMARTS) is 1. The molecule has 0 aliphatic rings. The molecule has 21 heavy (non-hydrogen) atoms. The Bertz CT molecular complexity index is 359. The van der Waals surface area contributed by atoms with Gasteiger partial charge >= 0.3 is 5.97 Å². The Morgan fingerprint density at radius 3 is 2.14 bits per heavy atom. The average Bonchev–Trinajstić information content (AvgIpc) is 2.41. The van der Waals surface area contributed by atoms with E-state index in [2.05, 4.69) is 18.7 Å². The molecule has 0 aromatic carbocycles. The number of amides is 1. The lowest BCUT2D eigenvalue weighted by Crippen LogP contribution is -2.38. The summed E-state index contributed by atoms with van der Waals surface area (Å²) in [5.41, 5.74) is 0.928. The highest BCUT2D eigenvalue weighted by Crippen LogP contribution is 2.05. The molecule has 0 rings (SSSR count). The van der Waals surface area contributed by atoms with Gasteiger partial charge in [0.1, 0.15) is 0 Å². The monoisotopic (exact) mass is 298 g/mol. The van der Waals surface area contributed by atoms with E-state index in [0.29, 0.717) is 6.54 Å². The Morgan fingerprint density at radius 1 is 1.14 bits per heavy atom. The van der Waals surface area contributed by atoms with Gasteiger partial charge in [-0.1, -0.05) is 26.3 Å². The summed E-state index contributed by atoms with van der Waals surface area (Å²) in [4.78, 5) is 27.1. The van der Waals surface area contributed by atoms with Gasteiger partial charge in [-0.25, -0.2) is 0 Å². The van der Waals surface area contributed by atoms with Crippen LogP contribution >= 0.6 is 0 Å². The molecule has 0 aromatic heterocycles. The number of carbonyl (C=O) groups excluding carboxylic acids is 1. The molecule has 0 saturated heterocycles. The van der Waals surface area contributed by atoms with Gasteiger partial charge in [-0.15, -0.1) is 0 Å². The summed E-state index contributed by atoms with van der Waals surface area (Å²) in [6.07, 6.45) is 2.43. The first kappa shape index (κ1) is 19.6. The fraction of sp³-hybridized carbons (Fsp3) is 0.750. The summed E-state index contributed by atoms with van der Waals surface area (Å²) in [7, 11) is 0. The van der Waals surface area contributed by atoms with Crippen molar-refractivity contribution >= 4 is 11.9 Å². The molecule has 0 heterocycles. The second-order valence-electron chi connectivity index (χ2n) is 5.63. The highest BCUT2D eigenvalue weighted by Gasteiger charge is 2.19. The summed E-state index contributed by atoms with van der Waals surface area (Å²) >= 11 is 0. The molecule has 5 heteroatoms. The van der Waals surface area contributed by atoms with Crippen LogP contribution in [-0.2, 0) is 9.59 Å². The molecule has 122 valence electrons. The second-order valence-corrected chi connectivity index (χ2v) is 5.63. The number of hydrogen-bond acceptors (Lipinski definition) is 3. The molecule has 1 atom stereocenters. The zero-order valence-electron chi connectivity index (χ0n) is 14.1. The summed E-state index contributed by atoms with van der Waals surface area (Å²) in [5.74, 6) is -1.51. The predicted octanol–water partition coefficient (Wildman–Crippen LogP) is 2.23. The van der Waals surface area contributed by atoms with Gasteiger partial charge in [0.2, 0.25) is 5.91 Å². The third-order valence-corrected chi connectivity index (χ3v) is 3.44. The number of carbonyl (C=O) groups is 2. The van der Waals surface area contributed by atoms with Gasteiger partial charge in [0.15, 0.2) is 0 Å². The first-order valence-corrected chi connectivity index (χ1v) is 7.70. The van der Waals surface area contributed by atoms with Gasteiger partial charge in [0.25, 0.3) is 0 Å². The molecule has 0 bridgehead atoms. The van der Waals surface area contributed by atoms with Crippen molar-refractivity contribution in [2.45, 2.75) is 41.0 Å². The molecule has 0 radical (unpaired) electrons. The lowest BCUT2D eigenvalue weighted by atomic mass is 10.1. The zero-order valence-corrected chi connectivity index (χ0v) is 14.1. The van der Waals surface area contributed by atoms with E-state index in [1.807, 2.05) is 13.8 Å². The maximum absolute atomic E-state index is 12.2. The number of allylic oxidation sites excluding steroid dienone is 1. The fourth-order valence-electron chi connectivity index (χ4n) is 2.06. The SMILES string of the molecule is CCN(CC)CCCN(CC(C)C(=O)O)C(=O)C=C(C)C. The summed E-state index contributed by atoms with van der Waals surface area (Å²) < 4.78 is 0. The van der Waals surface area contributed by atoms with E-state index < -0.39 is 11.9 Å². The van der Waals surface area contributed by atoms with Crippen LogP contribution in [0.4, 0.5) is 0 Å². The molecule has 0 spiro atoms. The molecule has 5 nitrogen and oxygen atoms in total.